The third-order valence-corrected chi connectivity index (χ3v) is 6.82. The maximum Gasteiger partial charge on any atom is 0.438 e. The van der Waals surface area contributed by atoms with Gasteiger partial charge in [-0.25, -0.2) is 13.1 Å². The molecule has 0 aliphatic heterocycles. The standard InChI is InChI=1S/C26H23F3N4O4S/c1-37-23-22(33(32-24(23)26(27,28)29)19-7-5-6-16(14-19)15-30)25(34)31-18-12-10-17(11-13-18)20-8-3-4-9-21(20)38(2,35)36/h3-14H,15,30H2,1-2H3,(H,31,34). The van der Waals surface area contributed by atoms with Crippen LogP contribution in [-0.4, -0.2) is 37.5 Å². The van der Waals surface area contributed by atoms with Crippen molar-refractivity contribution in [1.29, 1.82) is 0 Å². The number of alkyl halides is 3. The van der Waals surface area contributed by atoms with E-state index in [-0.39, 0.29) is 22.8 Å². The van der Waals surface area contributed by atoms with Gasteiger partial charge in [0, 0.05) is 24.1 Å². The van der Waals surface area contributed by atoms with Gasteiger partial charge in [-0.3, -0.25) is 4.79 Å². The number of benzene rings is 3. The molecule has 0 aliphatic carbocycles. The Morgan fingerprint density at radius 3 is 2.34 bits per heavy atom. The quantitative estimate of drug-likeness (QED) is 0.349. The van der Waals surface area contributed by atoms with E-state index in [9.17, 15) is 26.4 Å². The Morgan fingerprint density at radius 2 is 1.74 bits per heavy atom. The number of carbonyl (C=O) groups is 1. The lowest BCUT2D eigenvalue weighted by molar-refractivity contribution is -0.142. The predicted octanol–water partition coefficient (Wildman–Crippen LogP) is 4.68. The summed E-state index contributed by atoms with van der Waals surface area (Å²) < 4.78 is 71.4. The molecule has 8 nitrogen and oxygen atoms in total. The molecule has 4 aromatic rings. The zero-order valence-corrected chi connectivity index (χ0v) is 21.1. The second-order valence-electron chi connectivity index (χ2n) is 8.31. The lowest BCUT2D eigenvalue weighted by Gasteiger charge is -2.12. The van der Waals surface area contributed by atoms with E-state index in [1.54, 1.807) is 42.5 Å². The van der Waals surface area contributed by atoms with Gasteiger partial charge >= 0.3 is 6.18 Å². The van der Waals surface area contributed by atoms with Gasteiger partial charge in [-0.05, 0) is 41.5 Å². The lowest BCUT2D eigenvalue weighted by Crippen LogP contribution is -2.18. The van der Waals surface area contributed by atoms with Crippen molar-refractivity contribution in [1.82, 2.24) is 9.78 Å². The Morgan fingerprint density at radius 1 is 1.05 bits per heavy atom. The van der Waals surface area contributed by atoms with Crippen molar-refractivity contribution in [3.8, 4) is 22.6 Å². The van der Waals surface area contributed by atoms with Crippen LogP contribution < -0.4 is 15.8 Å². The molecule has 1 aromatic heterocycles. The molecule has 0 unspecified atom stereocenters. The van der Waals surface area contributed by atoms with E-state index in [2.05, 4.69) is 10.4 Å². The first kappa shape index (κ1) is 26.9. The summed E-state index contributed by atoms with van der Waals surface area (Å²) in [5.74, 6) is -1.63. The van der Waals surface area contributed by atoms with Crippen molar-refractivity contribution < 1.29 is 31.1 Å². The summed E-state index contributed by atoms with van der Waals surface area (Å²) in [6.07, 6.45) is -3.78. The SMILES string of the molecule is COc1c(C(F)(F)F)nn(-c2cccc(CN)c2)c1C(=O)Nc1ccc(-c2ccccc2S(C)(=O)=O)cc1. The molecule has 4 rings (SSSR count). The number of sulfone groups is 1. The summed E-state index contributed by atoms with van der Waals surface area (Å²) in [6.45, 7) is 0.134. The molecule has 3 N–H and O–H groups in total. The molecule has 198 valence electrons. The highest BCUT2D eigenvalue weighted by Crippen LogP contribution is 2.39. The number of amides is 1. The summed E-state index contributed by atoms with van der Waals surface area (Å²) in [5, 5.41) is 6.23. The molecule has 3 aromatic carbocycles. The van der Waals surface area contributed by atoms with Gasteiger partial charge in [-0.2, -0.15) is 18.3 Å². The topological polar surface area (TPSA) is 116 Å². The number of rotatable bonds is 7. The number of nitrogens with two attached hydrogens (primary N) is 1. The van der Waals surface area contributed by atoms with E-state index in [4.69, 9.17) is 10.5 Å². The van der Waals surface area contributed by atoms with Crippen LogP contribution in [0.5, 0.6) is 5.75 Å². The van der Waals surface area contributed by atoms with Crippen molar-refractivity contribution in [3.63, 3.8) is 0 Å². The summed E-state index contributed by atoms with van der Waals surface area (Å²) >= 11 is 0. The van der Waals surface area contributed by atoms with Crippen molar-refractivity contribution in [3.05, 3.63) is 89.7 Å². The molecule has 0 radical (unpaired) electrons. The zero-order valence-electron chi connectivity index (χ0n) is 20.3. The summed E-state index contributed by atoms with van der Waals surface area (Å²) in [5.41, 5.74) is 5.99. The zero-order chi connectivity index (χ0) is 27.7. The van der Waals surface area contributed by atoms with E-state index < -0.39 is 39.1 Å². The van der Waals surface area contributed by atoms with Crippen LogP contribution in [-0.2, 0) is 22.6 Å². The van der Waals surface area contributed by atoms with Gasteiger partial charge in [0.05, 0.1) is 17.7 Å². The first-order valence-electron chi connectivity index (χ1n) is 11.2. The minimum Gasteiger partial charge on any atom is -0.492 e. The van der Waals surface area contributed by atoms with E-state index in [1.165, 1.54) is 30.3 Å². The van der Waals surface area contributed by atoms with E-state index in [0.29, 0.717) is 16.7 Å². The highest BCUT2D eigenvalue weighted by molar-refractivity contribution is 7.90. The van der Waals surface area contributed by atoms with Crippen LogP contribution in [0.3, 0.4) is 0 Å². The lowest BCUT2D eigenvalue weighted by atomic mass is 10.1. The number of ether oxygens (including phenoxy) is 1. The Hall–Kier alpha value is -4.16. The van der Waals surface area contributed by atoms with Gasteiger partial charge < -0.3 is 15.8 Å². The molecule has 38 heavy (non-hydrogen) atoms. The fourth-order valence-corrected chi connectivity index (χ4v) is 4.85. The van der Waals surface area contributed by atoms with Gasteiger partial charge in [-0.1, -0.05) is 42.5 Å². The molecule has 1 amide bonds. The molecule has 0 fully saturated rings. The van der Waals surface area contributed by atoms with Crippen LogP contribution in [0.1, 0.15) is 21.7 Å². The molecular weight excluding hydrogens is 521 g/mol. The van der Waals surface area contributed by atoms with Crippen LogP contribution in [0, 0.1) is 0 Å². The van der Waals surface area contributed by atoms with Crippen molar-refractivity contribution in [2.24, 2.45) is 5.73 Å². The minimum absolute atomic E-state index is 0.134. The summed E-state index contributed by atoms with van der Waals surface area (Å²) in [4.78, 5) is 13.4. The van der Waals surface area contributed by atoms with Gasteiger partial charge in [0.15, 0.2) is 21.3 Å². The minimum atomic E-state index is -4.88. The molecule has 0 spiro atoms. The van der Waals surface area contributed by atoms with Crippen LogP contribution in [0.15, 0.2) is 77.7 Å². The number of nitrogens with one attached hydrogen (secondary N) is 1. The van der Waals surface area contributed by atoms with Gasteiger partial charge in [0.2, 0.25) is 5.69 Å². The van der Waals surface area contributed by atoms with Crippen LogP contribution >= 0.6 is 0 Å². The first-order chi connectivity index (χ1) is 17.9. The number of nitrogens with zero attached hydrogens (tertiary/aromatic N) is 2. The summed E-state index contributed by atoms with van der Waals surface area (Å²) in [6, 6.07) is 19.0. The Bertz CT molecular complexity index is 1600. The fourth-order valence-electron chi connectivity index (χ4n) is 3.94. The number of methoxy groups -OCH3 is 1. The Labute approximate surface area is 216 Å². The van der Waals surface area contributed by atoms with Crippen LogP contribution in [0.4, 0.5) is 18.9 Å². The number of hydrogen-bond acceptors (Lipinski definition) is 6. The maximum absolute atomic E-state index is 13.8. The van der Waals surface area contributed by atoms with Crippen LogP contribution in [0.2, 0.25) is 0 Å². The Balaban J connectivity index is 1.73. The smallest absolute Gasteiger partial charge is 0.438 e. The number of carbonyl (C=O) groups excluding carboxylic acids is 1. The monoisotopic (exact) mass is 544 g/mol. The number of aromatic nitrogens is 2. The van der Waals surface area contributed by atoms with E-state index in [1.807, 2.05) is 0 Å². The Kier molecular flexibility index (Phi) is 7.29. The van der Waals surface area contributed by atoms with Crippen molar-refractivity contribution in [2.75, 3.05) is 18.7 Å². The molecule has 0 saturated heterocycles. The molecule has 0 saturated carbocycles. The van der Waals surface area contributed by atoms with E-state index >= 15 is 0 Å². The molecular formula is C26H23F3N4O4S. The van der Waals surface area contributed by atoms with E-state index in [0.717, 1.165) is 18.0 Å². The highest BCUT2D eigenvalue weighted by Gasteiger charge is 2.42. The van der Waals surface area contributed by atoms with Gasteiger partial charge in [0.25, 0.3) is 5.91 Å². The van der Waals surface area contributed by atoms with Crippen LogP contribution in [0.25, 0.3) is 16.8 Å². The third kappa shape index (κ3) is 5.41. The number of anilines is 1. The molecule has 12 heteroatoms. The van der Waals surface area contributed by atoms with Crippen molar-refractivity contribution in [2.45, 2.75) is 17.6 Å². The van der Waals surface area contributed by atoms with Gasteiger partial charge in [0.1, 0.15) is 0 Å². The summed E-state index contributed by atoms with van der Waals surface area (Å²) in [7, 11) is -2.47. The second kappa shape index (κ2) is 10.3. The maximum atomic E-state index is 13.8. The molecule has 1 heterocycles. The molecule has 0 bridgehead atoms. The molecule has 0 aliphatic rings. The third-order valence-electron chi connectivity index (χ3n) is 5.66. The van der Waals surface area contributed by atoms with Crippen molar-refractivity contribution >= 4 is 21.4 Å². The van der Waals surface area contributed by atoms with Gasteiger partial charge in [-0.15, -0.1) is 0 Å². The average molecular weight is 545 g/mol. The normalized spacial score (nSPS) is 11.8. The highest BCUT2D eigenvalue weighted by atomic mass is 32.2. The average Bonchev–Trinajstić information content (AvgIpc) is 3.29. The largest absolute Gasteiger partial charge is 0.492 e. The number of hydrogen-bond donors (Lipinski definition) is 2. The first-order valence-corrected chi connectivity index (χ1v) is 13.1. The second-order valence-corrected chi connectivity index (χ2v) is 10.3. The number of halogens is 3. The predicted molar refractivity (Wildman–Crippen MR) is 136 cm³/mol. The molecule has 0 atom stereocenters. The fraction of sp³-hybridized carbons (Fsp3) is 0.154.